The Hall–Kier alpha value is -3.50. The third kappa shape index (κ3) is 5.21. The lowest BCUT2D eigenvalue weighted by Crippen LogP contribution is -2.25. The summed E-state index contributed by atoms with van der Waals surface area (Å²) in [6, 6.07) is 9.35. The fourth-order valence-electron chi connectivity index (χ4n) is 2.71. The van der Waals surface area contributed by atoms with E-state index in [1.165, 1.54) is 13.1 Å². The molecule has 0 spiro atoms. The minimum absolute atomic E-state index is 0.121. The summed E-state index contributed by atoms with van der Waals surface area (Å²) in [4.78, 5) is 48.4. The van der Waals surface area contributed by atoms with Crippen LogP contribution in [-0.4, -0.2) is 40.8 Å². The molecule has 2 heterocycles. The van der Waals surface area contributed by atoms with E-state index < -0.39 is 30.0 Å². The van der Waals surface area contributed by atoms with Gasteiger partial charge in [0.05, 0.1) is 6.61 Å². The monoisotopic (exact) mass is 475 g/mol. The number of carbonyl (C=O) groups is 3. The number of hydrogen-bond acceptors (Lipinski definition) is 8. The summed E-state index contributed by atoms with van der Waals surface area (Å²) in [6.07, 6.45) is 0. The van der Waals surface area contributed by atoms with Gasteiger partial charge in [0.1, 0.15) is 10.6 Å². The first-order valence-electron chi connectivity index (χ1n) is 9.36. The van der Waals surface area contributed by atoms with Crippen LogP contribution in [0.4, 0.5) is 5.00 Å². The number of aromatic nitrogens is 2. The largest absolute Gasteiger partial charge is 0.462 e. The van der Waals surface area contributed by atoms with Crippen molar-refractivity contribution in [3.05, 3.63) is 68.4 Å². The Balaban J connectivity index is 1.77. The van der Waals surface area contributed by atoms with E-state index in [4.69, 9.17) is 21.1 Å². The number of benzene rings is 1. The van der Waals surface area contributed by atoms with Crippen molar-refractivity contribution in [1.29, 1.82) is 0 Å². The number of amides is 1. The van der Waals surface area contributed by atoms with Crippen molar-refractivity contribution in [1.82, 2.24) is 9.78 Å². The number of carbonyl (C=O) groups excluding carboxylic acids is 3. The van der Waals surface area contributed by atoms with Gasteiger partial charge in [0.25, 0.3) is 11.5 Å². The molecule has 2 aromatic heterocycles. The van der Waals surface area contributed by atoms with Crippen LogP contribution in [0.5, 0.6) is 0 Å². The van der Waals surface area contributed by atoms with Crippen molar-refractivity contribution in [3.63, 3.8) is 0 Å². The Kier molecular flexibility index (Phi) is 7.39. The third-order valence-corrected chi connectivity index (χ3v) is 5.42. The Morgan fingerprint density at radius 1 is 1.09 bits per heavy atom. The van der Waals surface area contributed by atoms with E-state index in [1.54, 1.807) is 36.6 Å². The Bertz CT molecular complexity index is 1240. The second-order valence-electron chi connectivity index (χ2n) is 6.36. The predicted molar refractivity (Wildman–Crippen MR) is 119 cm³/mol. The second-order valence-corrected chi connectivity index (χ2v) is 7.65. The summed E-state index contributed by atoms with van der Waals surface area (Å²) in [6.45, 7) is 1.20. The van der Waals surface area contributed by atoms with Gasteiger partial charge in [-0.25, -0.2) is 14.3 Å². The lowest BCUT2D eigenvalue weighted by molar-refractivity contribution is -0.119. The minimum Gasteiger partial charge on any atom is -0.462 e. The molecule has 0 atom stereocenters. The predicted octanol–water partition coefficient (Wildman–Crippen LogP) is 3.13. The van der Waals surface area contributed by atoms with E-state index in [0.29, 0.717) is 16.1 Å². The van der Waals surface area contributed by atoms with E-state index >= 15 is 0 Å². The number of nitrogens with zero attached hydrogens (tertiary/aromatic N) is 2. The fourth-order valence-corrected chi connectivity index (χ4v) is 3.91. The van der Waals surface area contributed by atoms with Crippen molar-refractivity contribution in [2.24, 2.45) is 7.05 Å². The molecule has 3 rings (SSSR count). The summed E-state index contributed by atoms with van der Waals surface area (Å²) < 4.78 is 11.1. The van der Waals surface area contributed by atoms with Gasteiger partial charge in [-0.2, -0.15) is 5.10 Å². The van der Waals surface area contributed by atoms with Crippen LogP contribution in [0.3, 0.4) is 0 Å². The maximum absolute atomic E-state index is 12.6. The van der Waals surface area contributed by atoms with Gasteiger partial charge in [0.2, 0.25) is 0 Å². The zero-order valence-electron chi connectivity index (χ0n) is 17.1. The quantitative estimate of drug-likeness (QED) is 0.522. The van der Waals surface area contributed by atoms with Crippen LogP contribution in [0.1, 0.15) is 27.8 Å². The molecule has 0 fully saturated rings. The normalized spacial score (nSPS) is 10.5. The van der Waals surface area contributed by atoms with Gasteiger partial charge in [-0.05, 0) is 19.1 Å². The molecule has 1 N–H and O–H groups in total. The lowest BCUT2D eigenvalue weighted by Gasteiger charge is -2.10. The van der Waals surface area contributed by atoms with Crippen LogP contribution in [-0.2, 0) is 21.3 Å². The van der Waals surface area contributed by atoms with Crippen LogP contribution in [0.15, 0.2) is 46.6 Å². The molecule has 1 aromatic carbocycles. The van der Waals surface area contributed by atoms with Crippen molar-refractivity contribution >= 4 is 45.8 Å². The fraction of sp³-hybridized carbons (Fsp3) is 0.190. The van der Waals surface area contributed by atoms with Gasteiger partial charge >= 0.3 is 11.9 Å². The number of nitrogens with one attached hydrogen (secondary N) is 1. The van der Waals surface area contributed by atoms with Crippen LogP contribution >= 0.6 is 22.9 Å². The van der Waals surface area contributed by atoms with Crippen molar-refractivity contribution < 1.29 is 23.9 Å². The highest BCUT2D eigenvalue weighted by Gasteiger charge is 2.24. The average Bonchev–Trinajstić information content (AvgIpc) is 3.17. The molecular formula is C21H18ClN3O6S. The highest BCUT2D eigenvalue weighted by atomic mass is 35.5. The van der Waals surface area contributed by atoms with E-state index in [0.717, 1.165) is 22.1 Å². The molecule has 0 saturated heterocycles. The van der Waals surface area contributed by atoms with Crippen LogP contribution in [0.2, 0.25) is 5.02 Å². The molecule has 0 saturated carbocycles. The summed E-state index contributed by atoms with van der Waals surface area (Å²) in [5.41, 5.74) is 0.772. The highest BCUT2D eigenvalue weighted by Crippen LogP contribution is 2.39. The van der Waals surface area contributed by atoms with E-state index in [-0.39, 0.29) is 22.9 Å². The maximum atomic E-state index is 12.6. The molecule has 0 aliphatic rings. The molecule has 11 heteroatoms. The van der Waals surface area contributed by atoms with Gasteiger partial charge in [0.15, 0.2) is 12.3 Å². The molecular weight excluding hydrogens is 458 g/mol. The highest BCUT2D eigenvalue weighted by molar-refractivity contribution is 7.15. The zero-order valence-corrected chi connectivity index (χ0v) is 18.7. The molecule has 0 bridgehead atoms. The van der Waals surface area contributed by atoms with Crippen LogP contribution < -0.4 is 10.9 Å². The number of anilines is 1. The maximum Gasteiger partial charge on any atom is 0.359 e. The first-order valence-corrected chi connectivity index (χ1v) is 10.6. The Morgan fingerprint density at radius 3 is 2.53 bits per heavy atom. The molecule has 0 unspecified atom stereocenters. The molecule has 0 aliphatic carbocycles. The third-order valence-electron chi connectivity index (χ3n) is 4.19. The van der Waals surface area contributed by atoms with E-state index in [2.05, 4.69) is 10.4 Å². The molecule has 3 aromatic rings. The number of halogens is 1. The topological polar surface area (TPSA) is 117 Å². The minimum atomic E-state index is -0.871. The second kappa shape index (κ2) is 10.2. The van der Waals surface area contributed by atoms with Gasteiger partial charge in [0, 0.05) is 34.6 Å². The van der Waals surface area contributed by atoms with Crippen molar-refractivity contribution in [2.45, 2.75) is 6.92 Å². The molecule has 1 amide bonds. The number of thiophene rings is 1. The summed E-state index contributed by atoms with van der Waals surface area (Å²) >= 11 is 7.39. The number of ether oxygens (including phenoxy) is 2. The van der Waals surface area contributed by atoms with Gasteiger partial charge in [-0.1, -0.05) is 29.8 Å². The summed E-state index contributed by atoms with van der Waals surface area (Å²) in [7, 11) is 1.39. The van der Waals surface area contributed by atoms with Crippen LogP contribution in [0.25, 0.3) is 11.1 Å². The SMILES string of the molecule is CCOC(=O)c1c(-c2ccccc2Cl)csc1NC(=O)COC(=O)c1ccc(=O)n(C)n1. The smallest absolute Gasteiger partial charge is 0.359 e. The summed E-state index contributed by atoms with van der Waals surface area (Å²) in [5, 5.41) is 8.69. The number of rotatable bonds is 7. The van der Waals surface area contributed by atoms with Crippen molar-refractivity contribution in [3.8, 4) is 11.1 Å². The molecule has 0 aliphatic heterocycles. The van der Waals surface area contributed by atoms with Gasteiger partial charge in [-0.3, -0.25) is 9.59 Å². The number of esters is 2. The summed E-state index contributed by atoms with van der Waals surface area (Å²) in [5.74, 6) is -2.16. The van der Waals surface area contributed by atoms with E-state index in [9.17, 15) is 19.2 Å². The first-order chi connectivity index (χ1) is 15.3. The van der Waals surface area contributed by atoms with Crippen LogP contribution in [0, 0.1) is 0 Å². The molecule has 166 valence electrons. The van der Waals surface area contributed by atoms with Gasteiger partial charge < -0.3 is 14.8 Å². The average molecular weight is 476 g/mol. The lowest BCUT2D eigenvalue weighted by atomic mass is 10.0. The van der Waals surface area contributed by atoms with Gasteiger partial charge in [-0.15, -0.1) is 11.3 Å². The number of aryl methyl sites for hydroxylation is 1. The van der Waals surface area contributed by atoms with E-state index in [1.807, 2.05) is 0 Å². The number of hydrogen-bond donors (Lipinski definition) is 1. The molecule has 32 heavy (non-hydrogen) atoms. The standard InChI is InChI=1S/C21H18ClN3O6S/c1-3-30-21(29)18-13(12-6-4-5-7-14(12)22)11-32-19(18)23-16(26)10-31-20(28)15-8-9-17(27)25(2)24-15/h4-9,11H,3,10H2,1-2H3,(H,23,26). The molecule has 9 nitrogen and oxygen atoms in total. The van der Waals surface area contributed by atoms with Crippen molar-refractivity contribution in [2.75, 3.05) is 18.5 Å². The zero-order chi connectivity index (χ0) is 23.3. The Morgan fingerprint density at radius 2 is 1.84 bits per heavy atom. The first kappa shape index (κ1) is 23.2. The Labute approximate surface area is 191 Å². The molecule has 0 radical (unpaired) electrons.